The topological polar surface area (TPSA) is 72.8 Å². The van der Waals surface area contributed by atoms with Crippen LogP contribution in [-0.2, 0) is 16.1 Å². The normalized spacial score (nSPS) is 11.0. The van der Waals surface area contributed by atoms with Crippen LogP contribution in [0.15, 0.2) is 66.4 Å². The Hall–Kier alpha value is -3.08. The van der Waals surface area contributed by atoms with Crippen LogP contribution in [0.3, 0.4) is 0 Å². The quantitative estimate of drug-likeness (QED) is 0.365. The maximum Gasteiger partial charge on any atom is 0.373 e. The predicted molar refractivity (Wildman–Crippen MR) is 88.9 cm³/mol. The number of allylic oxidation sites excluding steroid dienone is 1. The number of benzene rings is 2. The maximum absolute atomic E-state index is 12.0. The zero-order chi connectivity index (χ0) is 17.4. The third kappa shape index (κ3) is 4.98. The highest BCUT2D eigenvalue weighted by molar-refractivity contribution is 6.07. The fourth-order valence-corrected chi connectivity index (χ4v) is 1.93. The van der Waals surface area contributed by atoms with Crippen molar-refractivity contribution in [1.82, 2.24) is 0 Å². The van der Waals surface area contributed by atoms with E-state index in [1.54, 1.807) is 31.2 Å². The number of hydrogen-bond donors (Lipinski definition) is 1. The van der Waals surface area contributed by atoms with E-state index in [-0.39, 0.29) is 6.61 Å². The Morgan fingerprint density at radius 3 is 2.33 bits per heavy atom. The minimum absolute atomic E-state index is 0.123. The Labute approximate surface area is 140 Å². The third-order valence-corrected chi connectivity index (χ3v) is 3.14. The number of ether oxygens (including phenoxy) is 2. The molecule has 0 saturated heterocycles. The van der Waals surface area contributed by atoms with Gasteiger partial charge >= 0.3 is 5.97 Å². The summed E-state index contributed by atoms with van der Waals surface area (Å²) in [6.07, 6.45) is 0.845. The number of hydrogen-bond acceptors (Lipinski definition) is 5. The summed E-state index contributed by atoms with van der Waals surface area (Å²) in [5.74, 6) is -1.51. The van der Waals surface area contributed by atoms with Crippen LogP contribution < -0.4 is 4.74 Å². The molecule has 1 N–H and O–H groups in total. The molecule has 0 bridgehead atoms. The highest BCUT2D eigenvalue weighted by Crippen LogP contribution is 2.15. The molecule has 124 valence electrons. The highest BCUT2D eigenvalue weighted by atomic mass is 16.5. The van der Waals surface area contributed by atoms with Gasteiger partial charge in [-0.1, -0.05) is 30.3 Å². The highest BCUT2D eigenvalue weighted by Gasteiger charge is 2.12. The first kappa shape index (κ1) is 17.3. The third-order valence-electron chi connectivity index (χ3n) is 3.14. The molecule has 2 aromatic rings. The Bertz CT molecular complexity index is 717. The summed E-state index contributed by atoms with van der Waals surface area (Å²) in [5.41, 5.74) is 1.37. The van der Waals surface area contributed by atoms with Crippen molar-refractivity contribution >= 4 is 11.8 Å². The van der Waals surface area contributed by atoms with Crippen molar-refractivity contribution in [2.45, 2.75) is 13.5 Å². The van der Waals surface area contributed by atoms with E-state index in [1.807, 2.05) is 30.3 Å². The van der Waals surface area contributed by atoms with Gasteiger partial charge in [-0.25, -0.2) is 4.79 Å². The number of aliphatic hydroxyl groups is 1. The first-order valence-corrected chi connectivity index (χ1v) is 7.49. The molecule has 0 aliphatic rings. The molecule has 5 heteroatoms. The van der Waals surface area contributed by atoms with E-state index in [1.165, 1.54) is 0 Å². The zero-order valence-electron chi connectivity index (χ0n) is 13.3. The van der Waals surface area contributed by atoms with Crippen LogP contribution in [-0.4, -0.2) is 23.5 Å². The smallest absolute Gasteiger partial charge is 0.373 e. The van der Waals surface area contributed by atoms with E-state index >= 15 is 0 Å². The molecule has 5 nitrogen and oxygen atoms in total. The summed E-state index contributed by atoms with van der Waals surface area (Å²) in [7, 11) is 0. The molecule has 2 rings (SSSR count). The first-order chi connectivity index (χ1) is 11.6. The molecule has 0 unspecified atom stereocenters. The van der Waals surface area contributed by atoms with Crippen LogP contribution in [0.2, 0.25) is 0 Å². The van der Waals surface area contributed by atoms with Gasteiger partial charge in [0.25, 0.3) is 0 Å². The van der Waals surface area contributed by atoms with Gasteiger partial charge in [0.15, 0.2) is 5.78 Å². The fourth-order valence-electron chi connectivity index (χ4n) is 1.93. The van der Waals surface area contributed by atoms with Gasteiger partial charge in [0.2, 0.25) is 5.76 Å². The number of aliphatic hydroxyl groups excluding tert-OH is 1. The second kappa shape index (κ2) is 8.53. The second-order valence-electron chi connectivity index (χ2n) is 4.91. The van der Waals surface area contributed by atoms with E-state index in [4.69, 9.17) is 4.74 Å². The van der Waals surface area contributed by atoms with Gasteiger partial charge in [0.1, 0.15) is 12.4 Å². The molecule has 0 amide bonds. The molecule has 0 aliphatic heterocycles. The van der Waals surface area contributed by atoms with Crippen LogP contribution in [0, 0.1) is 0 Å². The Kier molecular flexibility index (Phi) is 6.14. The van der Waals surface area contributed by atoms with Crippen molar-refractivity contribution in [3.63, 3.8) is 0 Å². The molecule has 0 fully saturated rings. The van der Waals surface area contributed by atoms with E-state index in [2.05, 4.69) is 4.74 Å². The molecule has 0 atom stereocenters. The lowest BCUT2D eigenvalue weighted by Gasteiger charge is -2.06. The van der Waals surface area contributed by atoms with Crippen molar-refractivity contribution in [2.24, 2.45) is 0 Å². The standard InChI is InChI=1S/C19H18O5/c1-2-23-19(22)18(21)12-17(20)15-8-10-16(11-9-15)24-13-14-6-4-3-5-7-14/h3-12,21H,2,13H2,1H3/b18-12-. The molecule has 0 radical (unpaired) electrons. The monoisotopic (exact) mass is 326 g/mol. The summed E-state index contributed by atoms with van der Waals surface area (Å²) < 4.78 is 10.2. The SMILES string of the molecule is CCOC(=O)/C(O)=C/C(=O)c1ccc(OCc2ccccc2)cc1. The maximum atomic E-state index is 12.0. The van der Waals surface area contributed by atoms with E-state index in [0.29, 0.717) is 17.9 Å². The van der Waals surface area contributed by atoms with E-state index in [9.17, 15) is 14.7 Å². The molecule has 24 heavy (non-hydrogen) atoms. The Balaban J connectivity index is 1.97. The summed E-state index contributed by atoms with van der Waals surface area (Å²) in [5, 5.41) is 9.49. The van der Waals surface area contributed by atoms with Gasteiger partial charge in [0, 0.05) is 11.6 Å². The summed E-state index contributed by atoms with van der Waals surface area (Å²) in [6, 6.07) is 16.2. The van der Waals surface area contributed by atoms with Gasteiger partial charge < -0.3 is 14.6 Å². The largest absolute Gasteiger partial charge is 0.502 e. The van der Waals surface area contributed by atoms with Crippen molar-refractivity contribution in [1.29, 1.82) is 0 Å². The first-order valence-electron chi connectivity index (χ1n) is 7.49. The van der Waals surface area contributed by atoms with Crippen LogP contribution in [0.4, 0.5) is 0 Å². The minimum Gasteiger partial charge on any atom is -0.502 e. The molecule has 0 saturated carbocycles. The molecule has 0 heterocycles. The second-order valence-corrected chi connectivity index (χ2v) is 4.91. The van der Waals surface area contributed by atoms with Crippen molar-refractivity contribution in [3.8, 4) is 5.75 Å². The molecule has 2 aromatic carbocycles. The average Bonchev–Trinajstić information content (AvgIpc) is 2.61. The lowest BCUT2D eigenvalue weighted by molar-refractivity contribution is -0.141. The number of rotatable bonds is 7. The van der Waals surface area contributed by atoms with Gasteiger partial charge in [-0.15, -0.1) is 0 Å². The molecule has 0 aromatic heterocycles. The van der Waals surface area contributed by atoms with Crippen LogP contribution in [0.1, 0.15) is 22.8 Å². The number of carbonyl (C=O) groups is 2. The summed E-state index contributed by atoms with van der Waals surface area (Å²) >= 11 is 0. The summed E-state index contributed by atoms with van der Waals surface area (Å²) in [4.78, 5) is 23.2. The lowest BCUT2D eigenvalue weighted by Crippen LogP contribution is -2.09. The van der Waals surface area contributed by atoms with E-state index < -0.39 is 17.5 Å². The van der Waals surface area contributed by atoms with E-state index in [0.717, 1.165) is 11.6 Å². The van der Waals surface area contributed by atoms with Gasteiger partial charge in [0.05, 0.1) is 6.61 Å². The molecule has 0 spiro atoms. The predicted octanol–water partition coefficient (Wildman–Crippen LogP) is 3.45. The fraction of sp³-hybridized carbons (Fsp3) is 0.158. The molecular formula is C19H18O5. The number of ketones is 1. The van der Waals surface area contributed by atoms with Gasteiger partial charge in [-0.05, 0) is 36.8 Å². The van der Waals surface area contributed by atoms with Gasteiger partial charge in [-0.3, -0.25) is 4.79 Å². The van der Waals surface area contributed by atoms with Crippen molar-refractivity contribution in [2.75, 3.05) is 6.61 Å². The number of esters is 1. The van der Waals surface area contributed by atoms with Crippen molar-refractivity contribution in [3.05, 3.63) is 77.6 Å². The zero-order valence-corrected chi connectivity index (χ0v) is 13.3. The average molecular weight is 326 g/mol. The summed E-state index contributed by atoms with van der Waals surface area (Å²) in [6.45, 7) is 2.16. The van der Waals surface area contributed by atoms with Crippen molar-refractivity contribution < 1.29 is 24.2 Å². The minimum atomic E-state index is -0.923. The molecular weight excluding hydrogens is 308 g/mol. The Morgan fingerprint density at radius 2 is 1.71 bits per heavy atom. The molecule has 0 aliphatic carbocycles. The van der Waals surface area contributed by atoms with Gasteiger partial charge in [-0.2, -0.15) is 0 Å². The Morgan fingerprint density at radius 1 is 1.04 bits per heavy atom. The van der Waals surface area contributed by atoms with Crippen LogP contribution in [0.5, 0.6) is 5.75 Å². The van der Waals surface area contributed by atoms with Crippen LogP contribution >= 0.6 is 0 Å². The van der Waals surface area contributed by atoms with Crippen LogP contribution in [0.25, 0.3) is 0 Å². The lowest BCUT2D eigenvalue weighted by atomic mass is 10.1. The number of carbonyl (C=O) groups excluding carboxylic acids is 2.